The van der Waals surface area contributed by atoms with Crippen molar-refractivity contribution >= 4 is 34.1 Å². The minimum Gasteiger partial charge on any atom is -0.505 e. The maximum absolute atomic E-state index is 12.2. The van der Waals surface area contributed by atoms with Crippen LogP contribution in [0, 0.1) is 0 Å². The van der Waals surface area contributed by atoms with Crippen molar-refractivity contribution in [3.63, 3.8) is 0 Å². The van der Waals surface area contributed by atoms with Crippen molar-refractivity contribution < 1.29 is 24.0 Å². The molecule has 1 aromatic heterocycles. The number of fused-ring (bicyclic) bond motifs is 1. The highest BCUT2D eigenvalue weighted by molar-refractivity contribution is 6.06. The van der Waals surface area contributed by atoms with Gasteiger partial charge in [0.05, 0.1) is 25.5 Å². The first kappa shape index (κ1) is 17.3. The SMILES string of the molecule is COC(=O)Nc1cccc2c(O)c(NC(=O)Cn3cc[n+](C)c3)ccc12. The first-order valence-corrected chi connectivity index (χ1v) is 7.88. The second-order valence-corrected chi connectivity index (χ2v) is 5.78. The Hall–Kier alpha value is -3.55. The molecule has 0 fully saturated rings. The lowest BCUT2D eigenvalue weighted by Crippen LogP contribution is -2.25. The van der Waals surface area contributed by atoms with Crippen molar-refractivity contribution in [1.82, 2.24) is 4.57 Å². The Morgan fingerprint density at radius 3 is 2.65 bits per heavy atom. The molecule has 2 amide bonds. The number of hydrogen-bond acceptors (Lipinski definition) is 4. The van der Waals surface area contributed by atoms with E-state index in [1.807, 2.05) is 17.8 Å². The van der Waals surface area contributed by atoms with E-state index < -0.39 is 6.09 Å². The van der Waals surface area contributed by atoms with Gasteiger partial charge in [-0.2, -0.15) is 0 Å². The molecule has 0 aliphatic carbocycles. The summed E-state index contributed by atoms with van der Waals surface area (Å²) in [4.78, 5) is 23.6. The molecule has 0 unspecified atom stereocenters. The lowest BCUT2D eigenvalue weighted by Gasteiger charge is -2.12. The number of phenols is 1. The molecule has 8 heteroatoms. The minimum atomic E-state index is -0.603. The molecule has 0 saturated heterocycles. The van der Waals surface area contributed by atoms with Crippen LogP contribution in [-0.2, 0) is 23.1 Å². The van der Waals surface area contributed by atoms with Gasteiger partial charge in [-0.15, -0.1) is 0 Å². The number of benzene rings is 2. The van der Waals surface area contributed by atoms with Crippen LogP contribution < -0.4 is 15.2 Å². The third-order valence-corrected chi connectivity index (χ3v) is 3.88. The van der Waals surface area contributed by atoms with Crippen LogP contribution in [0.15, 0.2) is 49.1 Å². The summed E-state index contributed by atoms with van der Waals surface area (Å²) in [6.45, 7) is 0.127. The van der Waals surface area contributed by atoms with E-state index in [9.17, 15) is 14.7 Å². The van der Waals surface area contributed by atoms with Gasteiger partial charge in [-0.05, 0) is 18.2 Å². The third kappa shape index (κ3) is 3.59. The Balaban J connectivity index is 1.85. The molecule has 3 rings (SSSR count). The summed E-state index contributed by atoms with van der Waals surface area (Å²) < 4.78 is 8.15. The van der Waals surface area contributed by atoms with Gasteiger partial charge in [-0.25, -0.2) is 13.9 Å². The molecular formula is C18H19N4O4+. The number of aryl methyl sites for hydroxylation is 1. The molecule has 0 spiro atoms. The van der Waals surface area contributed by atoms with Gasteiger partial charge >= 0.3 is 6.09 Å². The Labute approximate surface area is 149 Å². The smallest absolute Gasteiger partial charge is 0.411 e. The first-order valence-electron chi connectivity index (χ1n) is 7.88. The average molecular weight is 355 g/mol. The van der Waals surface area contributed by atoms with E-state index in [0.717, 1.165) is 0 Å². The molecule has 0 bridgehead atoms. The molecule has 26 heavy (non-hydrogen) atoms. The number of carbonyl (C=O) groups excluding carboxylic acids is 2. The number of aromatic hydroxyl groups is 1. The molecular weight excluding hydrogens is 336 g/mol. The summed E-state index contributed by atoms with van der Waals surface area (Å²) in [5.74, 6) is -0.331. The maximum atomic E-state index is 12.2. The standard InChI is InChI=1S/C18H18N4O4/c1-21-8-9-22(11-21)10-16(23)19-15-7-6-12-13(17(15)24)4-3-5-14(12)20-18(25)26-2/h3-9,11H,10H2,1-2H3,(H2-,19,20,23,24,25)/p+1. The number of hydrogen-bond donors (Lipinski definition) is 3. The number of aromatic nitrogens is 2. The number of rotatable bonds is 4. The second kappa shape index (κ2) is 7.14. The number of phenolic OH excluding ortho intramolecular Hbond substituents is 1. The fourth-order valence-corrected chi connectivity index (χ4v) is 2.66. The second-order valence-electron chi connectivity index (χ2n) is 5.78. The predicted molar refractivity (Wildman–Crippen MR) is 95.9 cm³/mol. The van der Waals surface area contributed by atoms with E-state index in [4.69, 9.17) is 0 Å². The summed E-state index contributed by atoms with van der Waals surface area (Å²) in [5, 5.41) is 16.9. The number of nitrogens with one attached hydrogen (secondary N) is 2. The lowest BCUT2D eigenvalue weighted by atomic mass is 10.1. The van der Waals surface area contributed by atoms with Gasteiger partial charge in [0, 0.05) is 10.8 Å². The van der Waals surface area contributed by atoms with Crippen molar-refractivity contribution in [2.24, 2.45) is 7.05 Å². The van der Waals surface area contributed by atoms with Gasteiger partial charge in [0.2, 0.25) is 6.33 Å². The van der Waals surface area contributed by atoms with E-state index in [1.54, 1.807) is 47.4 Å². The van der Waals surface area contributed by atoms with Gasteiger partial charge in [0.25, 0.3) is 5.91 Å². The highest BCUT2D eigenvalue weighted by Crippen LogP contribution is 2.36. The maximum Gasteiger partial charge on any atom is 0.411 e. The number of amides is 2. The minimum absolute atomic E-state index is 0.0672. The monoisotopic (exact) mass is 355 g/mol. The van der Waals surface area contributed by atoms with Crippen LogP contribution in [0.4, 0.5) is 16.2 Å². The topological polar surface area (TPSA) is 96.5 Å². The molecule has 0 aliphatic heterocycles. The highest BCUT2D eigenvalue weighted by Gasteiger charge is 2.14. The molecule has 0 saturated carbocycles. The quantitative estimate of drug-likeness (QED) is 0.492. The highest BCUT2D eigenvalue weighted by atomic mass is 16.5. The Morgan fingerprint density at radius 2 is 1.96 bits per heavy atom. The van der Waals surface area contributed by atoms with Crippen molar-refractivity contribution in [2.75, 3.05) is 17.7 Å². The number of anilines is 2. The normalized spacial score (nSPS) is 10.5. The van der Waals surface area contributed by atoms with Gasteiger partial charge in [0.1, 0.15) is 18.1 Å². The summed E-state index contributed by atoms with van der Waals surface area (Å²) in [5.41, 5.74) is 0.802. The number of ether oxygens (including phenoxy) is 1. The summed E-state index contributed by atoms with van der Waals surface area (Å²) >= 11 is 0. The summed E-state index contributed by atoms with van der Waals surface area (Å²) in [6.07, 6.45) is 4.79. The van der Waals surface area contributed by atoms with E-state index in [1.165, 1.54) is 7.11 Å². The van der Waals surface area contributed by atoms with Crippen LogP contribution in [-0.4, -0.2) is 28.8 Å². The van der Waals surface area contributed by atoms with Crippen LogP contribution in [0.1, 0.15) is 0 Å². The fourth-order valence-electron chi connectivity index (χ4n) is 2.66. The van der Waals surface area contributed by atoms with Gasteiger partial charge in [-0.3, -0.25) is 10.1 Å². The lowest BCUT2D eigenvalue weighted by molar-refractivity contribution is -0.671. The molecule has 0 radical (unpaired) electrons. The third-order valence-electron chi connectivity index (χ3n) is 3.88. The van der Waals surface area contributed by atoms with Crippen LogP contribution in [0.2, 0.25) is 0 Å². The summed E-state index contributed by atoms with van der Waals surface area (Å²) in [6, 6.07) is 8.40. The van der Waals surface area contributed by atoms with Gasteiger partial charge < -0.3 is 15.2 Å². The largest absolute Gasteiger partial charge is 0.505 e. The summed E-state index contributed by atoms with van der Waals surface area (Å²) in [7, 11) is 3.14. The molecule has 0 atom stereocenters. The van der Waals surface area contributed by atoms with Crippen LogP contribution in [0.25, 0.3) is 10.8 Å². The Bertz CT molecular complexity index is 980. The van der Waals surface area contributed by atoms with Gasteiger partial charge in [-0.1, -0.05) is 12.1 Å². The zero-order chi connectivity index (χ0) is 18.7. The van der Waals surface area contributed by atoms with Crippen molar-refractivity contribution in [2.45, 2.75) is 6.54 Å². The van der Waals surface area contributed by atoms with Crippen molar-refractivity contribution in [3.05, 3.63) is 49.1 Å². The number of methoxy groups -OCH3 is 1. The average Bonchev–Trinajstić information content (AvgIpc) is 3.02. The van der Waals surface area contributed by atoms with Crippen molar-refractivity contribution in [3.8, 4) is 5.75 Å². The first-order chi connectivity index (χ1) is 12.5. The van der Waals surface area contributed by atoms with E-state index in [-0.39, 0.29) is 18.2 Å². The molecule has 8 nitrogen and oxygen atoms in total. The fraction of sp³-hybridized carbons (Fsp3) is 0.167. The predicted octanol–water partition coefficient (Wildman–Crippen LogP) is 1.99. The molecule has 3 N–H and O–H groups in total. The number of carbonyl (C=O) groups is 2. The molecule has 2 aromatic carbocycles. The van der Waals surface area contributed by atoms with Crippen LogP contribution in [0.5, 0.6) is 5.75 Å². The van der Waals surface area contributed by atoms with Crippen LogP contribution in [0.3, 0.4) is 0 Å². The van der Waals surface area contributed by atoms with Crippen molar-refractivity contribution in [1.29, 1.82) is 0 Å². The molecule has 3 aromatic rings. The Kier molecular flexibility index (Phi) is 4.74. The zero-order valence-corrected chi connectivity index (χ0v) is 14.4. The van der Waals surface area contributed by atoms with Crippen LogP contribution >= 0.6 is 0 Å². The number of imidazole rings is 1. The Morgan fingerprint density at radius 1 is 1.15 bits per heavy atom. The van der Waals surface area contributed by atoms with E-state index >= 15 is 0 Å². The number of nitrogens with zero attached hydrogens (tertiary/aromatic N) is 2. The zero-order valence-electron chi connectivity index (χ0n) is 14.4. The van der Waals surface area contributed by atoms with E-state index in [0.29, 0.717) is 22.1 Å². The van der Waals surface area contributed by atoms with Gasteiger partial charge in [0.15, 0.2) is 6.54 Å². The van der Waals surface area contributed by atoms with E-state index in [2.05, 4.69) is 15.4 Å². The molecule has 0 aliphatic rings. The molecule has 134 valence electrons. The molecule has 1 heterocycles.